The fourth-order valence-electron chi connectivity index (χ4n) is 1.31. The normalized spacial score (nSPS) is 9.79. The summed E-state index contributed by atoms with van der Waals surface area (Å²) < 4.78 is 25.6. The maximum absolute atomic E-state index is 12.9. The molecule has 7 heteroatoms. The standard InChI is InChI=1S/C12H12F2N2O3/c1-2-5-16(7-11(17)18)12(19)15-8-3-4-9(13)10(14)6-8/h2-4,6H,1,5,7H2,(H,15,19)(H,17,18). The van der Waals surface area contributed by atoms with Crippen LogP contribution in [0.4, 0.5) is 19.3 Å². The highest BCUT2D eigenvalue weighted by atomic mass is 19.2. The van der Waals surface area contributed by atoms with Crippen LogP contribution < -0.4 is 5.32 Å². The molecule has 5 nitrogen and oxygen atoms in total. The van der Waals surface area contributed by atoms with Gasteiger partial charge in [-0.3, -0.25) is 4.79 Å². The lowest BCUT2D eigenvalue weighted by molar-refractivity contribution is -0.137. The van der Waals surface area contributed by atoms with Crippen molar-refractivity contribution in [2.45, 2.75) is 0 Å². The molecule has 1 aromatic carbocycles. The van der Waals surface area contributed by atoms with Crippen molar-refractivity contribution in [1.82, 2.24) is 4.90 Å². The number of urea groups is 1. The molecule has 0 radical (unpaired) electrons. The van der Waals surface area contributed by atoms with E-state index in [1.807, 2.05) is 0 Å². The fraction of sp³-hybridized carbons (Fsp3) is 0.167. The Labute approximate surface area is 108 Å². The Hall–Kier alpha value is -2.44. The first-order chi connectivity index (χ1) is 8.93. The lowest BCUT2D eigenvalue weighted by atomic mass is 10.3. The van der Waals surface area contributed by atoms with Crippen LogP contribution in [-0.2, 0) is 4.79 Å². The number of nitrogens with one attached hydrogen (secondary N) is 1. The molecule has 0 aliphatic carbocycles. The SMILES string of the molecule is C=CCN(CC(=O)O)C(=O)Nc1ccc(F)c(F)c1. The number of hydrogen-bond acceptors (Lipinski definition) is 2. The molecule has 0 unspecified atom stereocenters. The van der Waals surface area contributed by atoms with Crippen molar-refractivity contribution in [2.75, 3.05) is 18.4 Å². The number of nitrogens with zero attached hydrogens (tertiary/aromatic N) is 1. The zero-order chi connectivity index (χ0) is 14.4. The summed E-state index contributed by atoms with van der Waals surface area (Å²) in [6.45, 7) is 2.89. The highest BCUT2D eigenvalue weighted by molar-refractivity contribution is 5.91. The zero-order valence-electron chi connectivity index (χ0n) is 9.90. The minimum Gasteiger partial charge on any atom is -0.480 e. The van der Waals surface area contributed by atoms with E-state index in [2.05, 4.69) is 11.9 Å². The van der Waals surface area contributed by atoms with Crippen LogP contribution in [0.5, 0.6) is 0 Å². The van der Waals surface area contributed by atoms with Gasteiger partial charge in [0, 0.05) is 18.3 Å². The molecule has 0 fully saturated rings. The van der Waals surface area contributed by atoms with Crippen LogP contribution in [0, 0.1) is 11.6 Å². The Kier molecular flexibility index (Phi) is 4.99. The van der Waals surface area contributed by atoms with Gasteiger partial charge in [-0.1, -0.05) is 6.08 Å². The highest BCUT2D eigenvalue weighted by Crippen LogP contribution is 2.13. The van der Waals surface area contributed by atoms with Gasteiger partial charge in [-0.15, -0.1) is 6.58 Å². The van der Waals surface area contributed by atoms with Crippen LogP contribution in [0.3, 0.4) is 0 Å². The zero-order valence-corrected chi connectivity index (χ0v) is 9.90. The molecule has 1 aromatic rings. The number of benzene rings is 1. The van der Waals surface area contributed by atoms with E-state index in [0.29, 0.717) is 0 Å². The number of carboxylic acid groups (broad SMARTS) is 1. The Balaban J connectivity index is 2.77. The van der Waals surface area contributed by atoms with Crippen molar-refractivity contribution in [3.63, 3.8) is 0 Å². The molecular formula is C12H12F2N2O3. The molecule has 2 N–H and O–H groups in total. The molecule has 0 spiro atoms. The third-order valence-electron chi connectivity index (χ3n) is 2.13. The van der Waals surface area contributed by atoms with Crippen molar-refractivity contribution < 1.29 is 23.5 Å². The van der Waals surface area contributed by atoms with Crippen LogP contribution in [-0.4, -0.2) is 35.1 Å². The number of carbonyl (C=O) groups excluding carboxylic acids is 1. The van der Waals surface area contributed by atoms with Crippen LogP contribution in [0.15, 0.2) is 30.9 Å². The summed E-state index contributed by atoms with van der Waals surface area (Å²) in [6.07, 6.45) is 1.35. The maximum Gasteiger partial charge on any atom is 0.323 e. The molecule has 0 aliphatic rings. The number of carboxylic acids is 1. The molecule has 0 aliphatic heterocycles. The van der Waals surface area contributed by atoms with Gasteiger partial charge in [0.25, 0.3) is 0 Å². The number of amides is 2. The molecule has 0 saturated carbocycles. The monoisotopic (exact) mass is 270 g/mol. The third-order valence-corrected chi connectivity index (χ3v) is 2.13. The van der Waals surface area contributed by atoms with Crippen LogP contribution >= 0.6 is 0 Å². The number of halogens is 2. The third kappa shape index (κ3) is 4.38. The fourth-order valence-corrected chi connectivity index (χ4v) is 1.31. The highest BCUT2D eigenvalue weighted by Gasteiger charge is 2.16. The Morgan fingerprint density at radius 1 is 1.37 bits per heavy atom. The summed E-state index contributed by atoms with van der Waals surface area (Å²) in [6, 6.07) is 2.09. The second kappa shape index (κ2) is 6.48. The molecular weight excluding hydrogens is 258 g/mol. The van der Waals surface area contributed by atoms with Gasteiger partial charge in [-0.05, 0) is 12.1 Å². The molecule has 0 bridgehead atoms. The molecule has 0 saturated heterocycles. The second-order valence-corrected chi connectivity index (χ2v) is 3.62. The summed E-state index contributed by atoms with van der Waals surface area (Å²) in [5, 5.41) is 10.9. The van der Waals surface area contributed by atoms with Crippen molar-refractivity contribution in [2.24, 2.45) is 0 Å². The van der Waals surface area contributed by atoms with Crippen molar-refractivity contribution in [1.29, 1.82) is 0 Å². The van der Waals surface area contributed by atoms with Gasteiger partial charge in [-0.2, -0.15) is 0 Å². The quantitative estimate of drug-likeness (QED) is 0.805. The maximum atomic E-state index is 12.9. The van der Waals surface area contributed by atoms with Gasteiger partial charge >= 0.3 is 12.0 Å². The first-order valence-electron chi connectivity index (χ1n) is 5.27. The van der Waals surface area contributed by atoms with E-state index in [9.17, 15) is 18.4 Å². The van der Waals surface area contributed by atoms with Crippen LogP contribution in [0.1, 0.15) is 0 Å². The first kappa shape index (κ1) is 14.6. The van der Waals surface area contributed by atoms with Crippen LogP contribution in [0.25, 0.3) is 0 Å². The largest absolute Gasteiger partial charge is 0.480 e. The van der Waals surface area contributed by atoms with Gasteiger partial charge < -0.3 is 15.3 Å². The van der Waals surface area contributed by atoms with Gasteiger partial charge in [0.05, 0.1) is 0 Å². The Bertz CT molecular complexity index is 506. The average molecular weight is 270 g/mol. The lowest BCUT2D eigenvalue weighted by Gasteiger charge is -2.19. The summed E-state index contributed by atoms with van der Waals surface area (Å²) in [5.74, 6) is -3.33. The van der Waals surface area contributed by atoms with Gasteiger partial charge in [0.1, 0.15) is 6.54 Å². The number of hydrogen-bond donors (Lipinski definition) is 2. The second-order valence-electron chi connectivity index (χ2n) is 3.62. The Morgan fingerprint density at radius 2 is 2.05 bits per heavy atom. The summed E-state index contributed by atoms with van der Waals surface area (Å²) in [5.41, 5.74) is 0.0309. The smallest absolute Gasteiger partial charge is 0.323 e. The van der Waals surface area contributed by atoms with E-state index in [4.69, 9.17) is 5.11 Å². The molecule has 102 valence electrons. The van der Waals surface area contributed by atoms with E-state index in [-0.39, 0.29) is 12.2 Å². The molecule has 0 atom stereocenters. The molecule has 1 rings (SSSR count). The van der Waals surface area contributed by atoms with Gasteiger partial charge in [0.2, 0.25) is 0 Å². The van der Waals surface area contributed by atoms with E-state index in [0.717, 1.165) is 17.0 Å². The van der Waals surface area contributed by atoms with Crippen molar-refractivity contribution in [3.05, 3.63) is 42.5 Å². The van der Waals surface area contributed by atoms with Gasteiger partial charge in [0.15, 0.2) is 11.6 Å². The van der Waals surface area contributed by atoms with Crippen LogP contribution in [0.2, 0.25) is 0 Å². The molecule has 2 amide bonds. The summed E-state index contributed by atoms with van der Waals surface area (Å²) in [4.78, 5) is 23.3. The summed E-state index contributed by atoms with van der Waals surface area (Å²) in [7, 11) is 0. The van der Waals surface area contributed by atoms with E-state index >= 15 is 0 Å². The molecule has 0 aromatic heterocycles. The van der Waals surface area contributed by atoms with E-state index in [1.54, 1.807) is 0 Å². The van der Waals surface area contributed by atoms with Gasteiger partial charge in [-0.25, -0.2) is 13.6 Å². The number of rotatable bonds is 5. The van der Waals surface area contributed by atoms with E-state index < -0.39 is 30.2 Å². The van der Waals surface area contributed by atoms with Crippen molar-refractivity contribution >= 4 is 17.7 Å². The summed E-state index contributed by atoms with van der Waals surface area (Å²) >= 11 is 0. The lowest BCUT2D eigenvalue weighted by Crippen LogP contribution is -2.38. The number of carbonyl (C=O) groups is 2. The molecule has 0 heterocycles. The Morgan fingerprint density at radius 3 is 2.58 bits per heavy atom. The van der Waals surface area contributed by atoms with E-state index in [1.165, 1.54) is 12.1 Å². The van der Waals surface area contributed by atoms with Crippen molar-refractivity contribution in [3.8, 4) is 0 Å². The topological polar surface area (TPSA) is 69.6 Å². The first-order valence-corrected chi connectivity index (χ1v) is 5.27. The predicted octanol–water partition coefficient (Wildman–Crippen LogP) is 2.07. The number of aliphatic carboxylic acids is 1. The molecule has 19 heavy (non-hydrogen) atoms. The minimum absolute atomic E-state index is 0.0157. The number of anilines is 1. The predicted molar refractivity (Wildman–Crippen MR) is 64.8 cm³/mol. The average Bonchev–Trinajstić information content (AvgIpc) is 2.33. The minimum atomic E-state index is -1.19.